The molecule has 26 heavy (non-hydrogen) atoms. The Morgan fingerprint density at radius 2 is 2.08 bits per heavy atom. The van der Waals surface area contributed by atoms with Crippen molar-refractivity contribution in [3.05, 3.63) is 58.9 Å². The first-order chi connectivity index (χ1) is 12.6. The van der Waals surface area contributed by atoms with Gasteiger partial charge in [-0.1, -0.05) is 12.5 Å². The molecule has 1 fully saturated rings. The van der Waals surface area contributed by atoms with Crippen molar-refractivity contribution in [3.8, 4) is 5.75 Å². The highest BCUT2D eigenvalue weighted by atomic mass is 16.5. The van der Waals surface area contributed by atoms with Gasteiger partial charge in [-0.3, -0.25) is 9.78 Å². The molecule has 3 rings (SSSR count). The van der Waals surface area contributed by atoms with Gasteiger partial charge in [-0.15, -0.1) is 0 Å². The molecule has 2 aromatic rings. The lowest BCUT2D eigenvalue weighted by Crippen LogP contribution is -2.39. The number of rotatable bonds is 6. The second-order valence-electron chi connectivity index (χ2n) is 7.10. The monoisotopic (exact) mass is 353 g/mol. The second-order valence-corrected chi connectivity index (χ2v) is 7.10. The maximum absolute atomic E-state index is 12.7. The van der Waals surface area contributed by atoms with Gasteiger partial charge in [0.05, 0.1) is 0 Å². The topological polar surface area (TPSA) is 77.2 Å². The van der Waals surface area contributed by atoms with E-state index >= 15 is 0 Å². The minimum Gasteiger partial charge on any atom is -0.488 e. The predicted octanol–water partition coefficient (Wildman–Crippen LogP) is 3.13. The number of aryl methyl sites for hydroxylation is 2. The molecule has 0 radical (unpaired) electrons. The molecule has 0 bridgehead atoms. The van der Waals surface area contributed by atoms with Crippen molar-refractivity contribution in [3.63, 3.8) is 0 Å². The largest absolute Gasteiger partial charge is 0.488 e. The Balaban J connectivity index is 1.69. The lowest BCUT2D eigenvalue weighted by molar-refractivity contribution is 0.0928. The van der Waals surface area contributed by atoms with Gasteiger partial charge >= 0.3 is 0 Å². The molecule has 2 unspecified atom stereocenters. The quantitative estimate of drug-likeness (QED) is 0.836. The molecule has 5 heteroatoms. The van der Waals surface area contributed by atoms with Crippen LogP contribution in [0.2, 0.25) is 0 Å². The van der Waals surface area contributed by atoms with Crippen LogP contribution in [0.5, 0.6) is 5.75 Å². The van der Waals surface area contributed by atoms with Crippen LogP contribution >= 0.6 is 0 Å². The molecule has 3 N–H and O–H groups in total. The van der Waals surface area contributed by atoms with Crippen LogP contribution in [0, 0.1) is 19.8 Å². The molecule has 2 atom stereocenters. The summed E-state index contributed by atoms with van der Waals surface area (Å²) < 4.78 is 5.97. The third-order valence-corrected chi connectivity index (χ3v) is 5.11. The summed E-state index contributed by atoms with van der Waals surface area (Å²) >= 11 is 0. The zero-order valence-corrected chi connectivity index (χ0v) is 15.5. The highest BCUT2D eigenvalue weighted by Crippen LogP contribution is 2.27. The minimum atomic E-state index is -0.0274. The fraction of sp³-hybridized carbons (Fsp3) is 0.429. The van der Waals surface area contributed by atoms with E-state index in [-0.39, 0.29) is 11.9 Å². The molecule has 1 aliphatic rings. The van der Waals surface area contributed by atoms with Crippen LogP contribution in [0.4, 0.5) is 0 Å². The first-order valence-electron chi connectivity index (χ1n) is 9.22. The lowest BCUT2D eigenvalue weighted by Gasteiger charge is -2.20. The fourth-order valence-corrected chi connectivity index (χ4v) is 3.71. The van der Waals surface area contributed by atoms with E-state index in [1.54, 1.807) is 12.4 Å². The molecule has 1 aromatic carbocycles. The molecule has 138 valence electrons. The first-order valence-corrected chi connectivity index (χ1v) is 9.22. The van der Waals surface area contributed by atoms with E-state index < -0.39 is 0 Å². The number of amides is 1. The van der Waals surface area contributed by atoms with Gasteiger partial charge in [0.2, 0.25) is 0 Å². The van der Waals surface area contributed by atoms with Crippen LogP contribution in [0.3, 0.4) is 0 Å². The third-order valence-electron chi connectivity index (χ3n) is 5.11. The SMILES string of the molecule is Cc1cc(C(=O)NC2CCCC2CN)cc(C)c1OCc1cccnc1. The second kappa shape index (κ2) is 8.32. The van der Waals surface area contributed by atoms with E-state index in [1.165, 1.54) is 0 Å². The molecular weight excluding hydrogens is 326 g/mol. The number of benzene rings is 1. The number of nitrogens with two attached hydrogens (primary N) is 1. The van der Waals surface area contributed by atoms with Gasteiger partial charge in [-0.25, -0.2) is 0 Å². The number of carbonyl (C=O) groups is 1. The maximum Gasteiger partial charge on any atom is 0.251 e. The lowest BCUT2D eigenvalue weighted by atomic mass is 10.0. The molecule has 0 saturated heterocycles. The smallest absolute Gasteiger partial charge is 0.251 e. The van der Waals surface area contributed by atoms with Crippen molar-refractivity contribution in [2.45, 2.75) is 45.8 Å². The Bertz CT molecular complexity index is 738. The van der Waals surface area contributed by atoms with Crippen molar-refractivity contribution in [1.82, 2.24) is 10.3 Å². The summed E-state index contributed by atoms with van der Waals surface area (Å²) in [4.78, 5) is 16.8. The van der Waals surface area contributed by atoms with Gasteiger partial charge in [0.1, 0.15) is 12.4 Å². The van der Waals surface area contributed by atoms with Crippen LogP contribution in [0.1, 0.15) is 46.3 Å². The number of aromatic nitrogens is 1. The van der Waals surface area contributed by atoms with Crippen molar-refractivity contribution < 1.29 is 9.53 Å². The summed E-state index contributed by atoms with van der Waals surface area (Å²) in [5, 5.41) is 3.16. The number of hydrogen-bond acceptors (Lipinski definition) is 4. The average Bonchev–Trinajstić information content (AvgIpc) is 3.08. The summed E-state index contributed by atoms with van der Waals surface area (Å²) in [6.45, 7) is 5.03. The third kappa shape index (κ3) is 4.22. The summed E-state index contributed by atoms with van der Waals surface area (Å²) in [6.07, 6.45) is 6.78. The van der Waals surface area contributed by atoms with E-state index in [0.29, 0.717) is 24.6 Å². The Hall–Kier alpha value is -2.40. The Labute approximate surface area is 155 Å². The summed E-state index contributed by atoms with van der Waals surface area (Å²) in [7, 11) is 0. The molecule has 1 heterocycles. The Kier molecular flexibility index (Phi) is 5.89. The van der Waals surface area contributed by atoms with E-state index in [1.807, 2.05) is 38.1 Å². The molecule has 1 aromatic heterocycles. The molecule has 1 amide bonds. The van der Waals surface area contributed by atoms with Crippen molar-refractivity contribution in [2.24, 2.45) is 11.7 Å². The number of nitrogens with one attached hydrogen (secondary N) is 1. The van der Waals surface area contributed by atoms with Crippen LogP contribution in [0.25, 0.3) is 0 Å². The number of nitrogens with zero attached hydrogens (tertiary/aromatic N) is 1. The van der Waals surface area contributed by atoms with Crippen LogP contribution in [-0.2, 0) is 6.61 Å². The van der Waals surface area contributed by atoms with E-state index in [4.69, 9.17) is 10.5 Å². The molecule has 0 spiro atoms. The first kappa shape index (κ1) is 18.4. The highest BCUT2D eigenvalue weighted by Gasteiger charge is 2.27. The average molecular weight is 353 g/mol. The van der Waals surface area contributed by atoms with Gasteiger partial charge in [-0.2, -0.15) is 0 Å². The Morgan fingerprint density at radius 3 is 2.73 bits per heavy atom. The maximum atomic E-state index is 12.7. The predicted molar refractivity (Wildman–Crippen MR) is 102 cm³/mol. The standard InChI is InChI=1S/C21H27N3O2/c1-14-9-18(21(25)24-19-7-3-6-17(19)11-22)10-15(2)20(14)26-13-16-5-4-8-23-12-16/h4-5,8-10,12,17,19H,3,6-7,11,13,22H2,1-2H3,(H,24,25). The van der Waals surface area contributed by atoms with Crippen molar-refractivity contribution in [2.75, 3.05) is 6.54 Å². The number of pyridine rings is 1. The van der Waals surface area contributed by atoms with Gasteiger partial charge in [0.25, 0.3) is 5.91 Å². The summed E-state index contributed by atoms with van der Waals surface area (Å²) in [5.41, 5.74) is 9.43. The summed E-state index contributed by atoms with van der Waals surface area (Å²) in [5.74, 6) is 1.19. The fourth-order valence-electron chi connectivity index (χ4n) is 3.71. The van der Waals surface area contributed by atoms with Gasteiger partial charge in [-0.05, 0) is 68.5 Å². The molecular formula is C21H27N3O2. The van der Waals surface area contributed by atoms with E-state index in [0.717, 1.165) is 41.7 Å². The zero-order chi connectivity index (χ0) is 18.5. The highest BCUT2D eigenvalue weighted by molar-refractivity contribution is 5.95. The van der Waals surface area contributed by atoms with Crippen molar-refractivity contribution in [1.29, 1.82) is 0 Å². The van der Waals surface area contributed by atoms with Gasteiger partial charge in [0.15, 0.2) is 0 Å². The molecule has 5 nitrogen and oxygen atoms in total. The van der Waals surface area contributed by atoms with E-state index in [2.05, 4.69) is 10.3 Å². The van der Waals surface area contributed by atoms with Crippen LogP contribution in [0.15, 0.2) is 36.7 Å². The van der Waals surface area contributed by atoms with Crippen LogP contribution in [-0.4, -0.2) is 23.5 Å². The normalized spacial score (nSPS) is 19.3. The molecule has 1 aliphatic carbocycles. The van der Waals surface area contributed by atoms with E-state index in [9.17, 15) is 4.79 Å². The summed E-state index contributed by atoms with van der Waals surface area (Å²) in [6, 6.07) is 7.86. The van der Waals surface area contributed by atoms with Gasteiger partial charge in [0, 0.05) is 29.6 Å². The minimum absolute atomic E-state index is 0.0274. The van der Waals surface area contributed by atoms with Crippen molar-refractivity contribution >= 4 is 5.91 Å². The van der Waals surface area contributed by atoms with Crippen LogP contribution < -0.4 is 15.8 Å². The zero-order valence-electron chi connectivity index (χ0n) is 15.5. The number of hydrogen-bond donors (Lipinski definition) is 2. The van der Waals surface area contributed by atoms with Gasteiger partial charge < -0.3 is 15.8 Å². The Morgan fingerprint density at radius 1 is 1.31 bits per heavy atom. The number of ether oxygens (including phenoxy) is 1. The molecule has 0 aliphatic heterocycles. The molecule has 1 saturated carbocycles. The number of carbonyl (C=O) groups excluding carboxylic acids is 1.